The van der Waals surface area contributed by atoms with E-state index in [0.717, 1.165) is 36.7 Å². The van der Waals surface area contributed by atoms with Crippen molar-refractivity contribution in [3.8, 4) is 0 Å². The minimum atomic E-state index is 0.204. The summed E-state index contributed by atoms with van der Waals surface area (Å²) in [6, 6.07) is 1.47. The summed E-state index contributed by atoms with van der Waals surface area (Å²) in [6.07, 6.45) is 15.3. The van der Waals surface area contributed by atoms with Gasteiger partial charge in [0, 0.05) is 43.6 Å². The number of carbonyl (C=O) groups is 1. The summed E-state index contributed by atoms with van der Waals surface area (Å²) in [6.45, 7) is 13.8. The Labute approximate surface area is 183 Å². The molecule has 1 aromatic heterocycles. The van der Waals surface area contributed by atoms with Gasteiger partial charge in [0.1, 0.15) is 12.1 Å². The van der Waals surface area contributed by atoms with Crippen LogP contribution in [-0.2, 0) is 4.79 Å². The van der Waals surface area contributed by atoms with Gasteiger partial charge in [-0.25, -0.2) is 9.97 Å². The summed E-state index contributed by atoms with van der Waals surface area (Å²) in [5.74, 6) is 1.55. The molecule has 30 heavy (non-hydrogen) atoms. The molecule has 2 saturated carbocycles. The molecule has 3 fully saturated rings. The molecule has 0 aromatic carbocycles. The zero-order chi connectivity index (χ0) is 21.7. The molecule has 0 radical (unpaired) electrons. The van der Waals surface area contributed by atoms with Crippen molar-refractivity contribution in [1.29, 1.82) is 0 Å². The van der Waals surface area contributed by atoms with Crippen molar-refractivity contribution in [2.24, 2.45) is 11.3 Å². The zero-order valence-electron chi connectivity index (χ0n) is 19.8. The van der Waals surface area contributed by atoms with Gasteiger partial charge in [0.15, 0.2) is 0 Å². The third kappa shape index (κ3) is 5.60. The van der Waals surface area contributed by atoms with E-state index < -0.39 is 0 Å². The Morgan fingerprint density at radius 2 is 1.63 bits per heavy atom. The van der Waals surface area contributed by atoms with Crippen LogP contribution in [0.15, 0.2) is 12.4 Å². The molecule has 0 amide bonds. The molecule has 1 spiro atoms. The highest BCUT2D eigenvalue weighted by atomic mass is 16.1. The quantitative estimate of drug-likeness (QED) is 0.644. The van der Waals surface area contributed by atoms with Gasteiger partial charge in [-0.2, -0.15) is 0 Å². The predicted octanol–water partition coefficient (Wildman–Crippen LogP) is 5.06. The van der Waals surface area contributed by atoms with Gasteiger partial charge in [-0.1, -0.05) is 47.0 Å². The van der Waals surface area contributed by atoms with Crippen LogP contribution in [0.2, 0.25) is 0 Å². The van der Waals surface area contributed by atoms with Gasteiger partial charge in [0.25, 0.3) is 0 Å². The SMILES string of the molecule is CC(C)C=O.CC(C)c1ncc(N2CCN(C3CC4(CCCCC4)C3)[C@H](C)C2)cn1. The lowest BCUT2D eigenvalue weighted by molar-refractivity contribution is -0.110. The fourth-order valence-electron chi connectivity index (χ4n) is 5.43. The lowest BCUT2D eigenvalue weighted by atomic mass is 9.58. The van der Waals surface area contributed by atoms with Gasteiger partial charge in [0.05, 0.1) is 18.1 Å². The predicted molar refractivity (Wildman–Crippen MR) is 124 cm³/mol. The van der Waals surface area contributed by atoms with E-state index in [1.165, 1.54) is 57.2 Å². The van der Waals surface area contributed by atoms with Crippen molar-refractivity contribution < 1.29 is 4.79 Å². The Bertz CT molecular complexity index is 658. The number of piperazine rings is 1. The fraction of sp³-hybridized carbons (Fsp3) is 0.800. The summed E-state index contributed by atoms with van der Waals surface area (Å²) < 4.78 is 0. The Kier molecular flexibility index (Phi) is 7.89. The van der Waals surface area contributed by atoms with Crippen LogP contribution in [0, 0.1) is 11.3 Å². The molecule has 0 unspecified atom stereocenters. The lowest BCUT2D eigenvalue weighted by Crippen LogP contribution is -2.61. The van der Waals surface area contributed by atoms with Gasteiger partial charge < -0.3 is 9.69 Å². The van der Waals surface area contributed by atoms with Gasteiger partial charge in [-0.3, -0.25) is 4.90 Å². The highest BCUT2D eigenvalue weighted by Gasteiger charge is 2.47. The van der Waals surface area contributed by atoms with E-state index in [1.54, 1.807) is 0 Å². The number of anilines is 1. The largest absolute Gasteiger partial charge is 0.366 e. The maximum atomic E-state index is 9.50. The van der Waals surface area contributed by atoms with Gasteiger partial charge in [-0.15, -0.1) is 0 Å². The van der Waals surface area contributed by atoms with Crippen LogP contribution in [0.1, 0.15) is 91.3 Å². The van der Waals surface area contributed by atoms with Crippen molar-refractivity contribution in [2.45, 2.75) is 97.6 Å². The molecule has 0 N–H and O–H groups in total. The van der Waals surface area contributed by atoms with Crippen LogP contribution in [0.4, 0.5) is 5.69 Å². The molecule has 1 aliphatic heterocycles. The maximum Gasteiger partial charge on any atom is 0.130 e. The first kappa shape index (κ1) is 23.2. The second-order valence-corrected chi connectivity index (χ2v) is 10.5. The van der Waals surface area contributed by atoms with Crippen molar-refractivity contribution >= 4 is 12.0 Å². The summed E-state index contributed by atoms with van der Waals surface area (Å²) in [5.41, 5.74) is 1.92. The Morgan fingerprint density at radius 3 is 2.13 bits per heavy atom. The average Bonchev–Trinajstić information content (AvgIpc) is 2.73. The molecule has 5 heteroatoms. The summed E-state index contributed by atoms with van der Waals surface area (Å²) >= 11 is 0. The molecule has 1 atom stereocenters. The number of hydrogen-bond donors (Lipinski definition) is 0. The molecule has 5 nitrogen and oxygen atoms in total. The van der Waals surface area contributed by atoms with Gasteiger partial charge >= 0.3 is 0 Å². The summed E-state index contributed by atoms with van der Waals surface area (Å²) in [7, 11) is 0. The Hall–Kier alpha value is -1.49. The van der Waals surface area contributed by atoms with Crippen LogP contribution in [0.5, 0.6) is 0 Å². The van der Waals surface area contributed by atoms with Crippen LogP contribution in [-0.4, -0.2) is 52.9 Å². The van der Waals surface area contributed by atoms with Gasteiger partial charge in [0.2, 0.25) is 0 Å². The molecule has 1 aromatic rings. The van der Waals surface area contributed by atoms with Crippen LogP contribution in [0.25, 0.3) is 0 Å². The minimum Gasteiger partial charge on any atom is -0.366 e. The Balaban J connectivity index is 0.000000461. The molecule has 0 bridgehead atoms. The number of hydrogen-bond acceptors (Lipinski definition) is 5. The van der Waals surface area contributed by atoms with E-state index >= 15 is 0 Å². The highest BCUT2D eigenvalue weighted by molar-refractivity contribution is 5.51. The third-order valence-corrected chi connectivity index (χ3v) is 7.21. The van der Waals surface area contributed by atoms with Crippen molar-refractivity contribution in [2.75, 3.05) is 24.5 Å². The van der Waals surface area contributed by atoms with Gasteiger partial charge in [-0.05, 0) is 38.0 Å². The van der Waals surface area contributed by atoms with E-state index in [2.05, 4.69) is 40.5 Å². The van der Waals surface area contributed by atoms with Crippen molar-refractivity contribution in [3.63, 3.8) is 0 Å². The van der Waals surface area contributed by atoms with E-state index in [-0.39, 0.29) is 5.92 Å². The normalized spacial score (nSPS) is 24.5. The van der Waals surface area contributed by atoms with E-state index in [9.17, 15) is 4.79 Å². The number of nitrogens with zero attached hydrogens (tertiary/aromatic N) is 4. The number of carbonyl (C=O) groups excluding carboxylic acids is 1. The maximum absolute atomic E-state index is 9.50. The first-order chi connectivity index (χ1) is 14.3. The lowest BCUT2D eigenvalue weighted by Gasteiger charge is -2.57. The summed E-state index contributed by atoms with van der Waals surface area (Å²) in [4.78, 5) is 23.9. The standard InChI is InChI=1S/C21H34N4.C4H8O/c1-16(2)20-22-13-19(14-23-20)24-9-10-25(17(3)15-24)18-11-21(12-18)7-5-4-6-8-21;1-4(2)3-5/h13-14,16-18H,4-12,15H2,1-3H3;3-4H,1-2H3/t17-;/m1./s1. The number of rotatable bonds is 4. The third-order valence-electron chi connectivity index (χ3n) is 7.21. The molecular formula is C25H42N4O. The molecule has 168 valence electrons. The zero-order valence-corrected chi connectivity index (χ0v) is 19.8. The monoisotopic (exact) mass is 414 g/mol. The van der Waals surface area contributed by atoms with E-state index in [4.69, 9.17) is 0 Å². The number of aromatic nitrogens is 2. The molecule has 1 saturated heterocycles. The molecule has 3 aliphatic rings. The van der Waals surface area contributed by atoms with Crippen LogP contribution in [0.3, 0.4) is 0 Å². The van der Waals surface area contributed by atoms with E-state index in [1.807, 2.05) is 26.2 Å². The van der Waals surface area contributed by atoms with Crippen LogP contribution >= 0.6 is 0 Å². The molecule has 2 heterocycles. The minimum absolute atomic E-state index is 0.204. The fourth-order valence-corrected chi connectivity index (χ4v) is 5.43. The van der Waals surface area contributed by atoms with Crippen LogP contribution < -0.4 is 4.90 Å². The molecule has 4 rings (SSSR count). The summed E-state index contributed by atoms with van der Waals surface area (Å²) in [5, 5.41) is 0. The van der Waals surface area contributed by atoms with E-state index in [0.29, 0.717) is 12.0 Å². The second-order valence-electron chi connectivity index (χ2n) is 10.5. The first-order valence-electron chi connectivity index (χ1n) is 12.1. The van der Waals surface area contributed by atoms with Crippen molar-refractivity contribution in [3.05, 3.63) is 18.2 Å². The van der Waals surface area contributed by atoms with Crippen molar-refractivity contribution in [1.82, 2.24) is 14.9 Å². The molecule has 2 aliphatic carbocycles. The molecular weight excluding hydrogens is 372 g/mol. The highest BCUT2D eigenvalue weighted by Crippen LogP contribution is 2.53. The average molecular weight is 415 g/mol. The smallest absolute Gasteiger partial charge is 0.130 e. The topological polar surface area (TPSA) is 49.3 Å². The first-order valence-corrected chi connectivity index (χ1v) is 12.1. The second kappa shape index (κ2) is 10.2. The number of aldehydes is 1. The Morgan fingerprint density at radius 1 is 1.03 bits per heavy atom.